The Balaban J connectivity index is 1.67. The second-order valence-corrected chi connectivity index (χ2v) is 7.37. The van der Waals surface area contributed by atoms with Gasteiger partial charge < -0.3 is 9.73 Å². The monoisotopic (exact) mass is 371 g/mol. The Labute approximate surface area is 151 Å². The van der Waals surface area contributed by atoms with Gasteiger partial charge in [-0.3, -0.25) is 4.79 Å². The predicted octanol–water partition coefficient (Wildman–Crippen LogP) is 2.18. The van der Waals surface area contributed by atoms with Crippen molar-refractivity contribution in [2.75, 3.05) is 7.05 Å². The first kappa shape index (κ1) is 17.8. The fourth-order valence-electron chi connectivity index (χ4n) is 2.37. The molecule has 2 aromatic carbocycles. The van der Waals surface area contributed by atoms with Crippen molar-refractivity contribution in [3.05, 3.63) is 72.2 Å². The third kappa shape index (κ3) is 3.98. The molecule has 0 atom stereocenters. The highest BCUT2D eigenvalue weighted by atomic mass is 32.2. The van der Waals surface area contributed by atoms with E-state index in [2.05, 4.69) is 15.0 Å². The number of rotatable bonds is 6. The zero-order valence-electron chi connectivity index (χ0n) is 14.0. The van der Waals surface area contributed by atoms with Crippen LogP contribution in [0.3, 0.4) is 0 Å². The van der Waals surface area contributed by atoms with Crippen molar-refractivity contribution in [2.24, 2.45) is 0 Å². The van der Waals surface area contributed by atoms with Crippen molar-refractivity contribution in [2.45, 2.75) is 11.4 Å². The number of carbonyl (C=O) groups excluding carboxylic acids is 1. The summed E-state index contributed by atoms with van der Waals surface area (Å²) in [5, 5.41) is 2.78. The van der Waals surface area contributed by atoms with Gasteiger partial charge in [-0.15, -0.1) is 0 Å². The van der Waals surface area contributed by atoms with E-state index in [1.807, 2.05) is 0 Å². The minimum Gasteiger partial charge on any atom is -0.444 e. The number of nitrogens with zero attached hydrogens (tertiary/aromatic N) is 1. The molecule has 0 aliphatic heterocycles. The average molecular weight is 371 g/mol. The van der Waals surface area contributed by atoms with E-state index in [0.29, 0.717) is 16.9 Å². The van der Waals surface area contributed by atoms with Crippen molar-refractivity contribution in [3.8, 4) is 11.3 Å². The van der Waals surface area contributed by atoms with Gasteiger partial charge in [-0.05, 0) is 36.9 Å². The van der Waals surface area contributed by atoms with Gasteiger partial charge >= 0.3 is 0 Å². The van der Waals surface area contributed by atoms with Gasteiger partial charge in [-0.2, -0.15) is 0 Å². The molecule has 3 rings (SSSR count). The number of aromatic nitrogens is 1. The van der Waals surface area contributed by atoms with Crippen molar-refractivity contribution < 1.29 is 17.6 Å². The lowest BCUT2D eigenvalue weighted by molar-refractivity contribution is 0.0951. The fraction of sp³-hybridized carbons (Fsp3) is 0.111. The molecule has 0 fully saturated rings. The summed E-state index contributed by atoms with van der Waals surface area (Å²) >= 11 is 0. The first-order chi connectivity index (χ1) is 12.5. The van der Waals surface area contributed by atoms with Crippen LogP contribution in [-0.2, 0) is 16.6 Å². The molecule has 1 amide bonds. The van der Waals surface area contributed by atoms with Gasteiger partial charge in [0.15, 0.2) is 12.2 Å². The third-order valence-electron chi connectivity index (χ3n) is 3.79. The minimum atomic E-state index is -3.51. The Hall–Kier alpha value is -2.97. The molecule has 134 valence electrons. The molecule has 0 saturated heterocycles. The van der Waals surface area contributed by atoms with Gasteiger partial charge in [0.25, 0.3) is 5.91 Å². The van der Waals surface area contributed by atoms with Gasteiger partial charge in [0.05, 0.1) is 11.1 Å². The van der Waals surface area contributed by atoms with Gasteiger partial charge in [-0.25, -0.2) is 18.1 Å². The van der Waals surface area contributed by atoms with Gasteiger partial charge in [0.2, 0.25) is 10.0 Å². The maximum Gasteiger partial charge on any atom is 0.251 e. The number of amides is 1. The standard InChI is InChI=1S/C18H17N3O4S/c1-19-26(23,24)16-4-2-3-13(9-16)10-21-18(22)15-7-5-14(6-8-15)17-11-20-12-25-17/h2-9,11-12,19H,10H2,1H3,(H,21,22). The smallest absolute Gasteiger partial charge is 0.251 e. The van der Waals surface area contributed by atoms with Crippen LogP contribution in [0.4, 0.5) is 0 Å². The summed E-state index contributed by atoms with van der Waals surface area (Å²) in [6, 6.07) is 13.3. The highest BCUT2D eigenvalue weighted by Gasteiger charge is 2.12. The highest BCUT2D eigenvalue weighted by Crippen LogP contribution is 2.19. The van der Waals surface area contributed by atoms with E-state index in [9.17, 15) is 13.2 Å². The van der Waals surface area contributed by atoms with Crippen LogP contribution >= 0.6 is 0 Å². The second kappa shape index (κ2) is 7.51. The second-order valence-electron chi connectivity index (χ2n) is 5.48. The van der Waals surface area contributed by atoms with Crippen LogP contribution in [0, 0.1) is 0 Å². The first-order valence-electron chi connectivity index (χ1n) is 7.79. The third-order valence-corrected chi connectivity index (χ3v) is 5.21. The Morgan fingerprint density at radius 2 is 1.92 bits per heavy atom. The molecule has 0 saturated carbocycles. The van der Waals surface area contributed by atoms with Gasteiger partial charge in [0, 0.05) is 17.7 Å². The van der Waals surface area contributed by atoms with E-state index >= 15 is 0 Å². The summed E-state index contributed by atoms with van der Waals surface area (Å²) in [7, 11) is -2.16. The summed E-state index contributed by atoms with van der Waals surface area (Å²) in [6.07, 6.45) is 2.94. The molecule has 0 radical (unpaired) electrons. The number of carbonyl (C=O) groups is 1. The van der Waals surface area contributed by atoms with Crippen molar-refractivity contribution in [1.82, 2.24) is 15.0 Å². The summed E-state index contributed by atoms with van der Waals surface area (Å²) < 4.78 is 31.1. The van der Waals surface area contributed by atoms with Crippen LogP contribution < -0.4 is 10.0 Å². The Morgan fingerprint density at radius 1 is 1.15 bits per heavy atom. The molecule has 0 bridgehead atoms. The zero-order valence-corrected chi connectivity index (χ0v) is 14.8. The molecule has 26 heavy (non-hydrogen) atoms. The van der Waals surface area contributed by atoms with Crippen LogP contribution in [0.2, 0.25) is 0 Å². The lowest BCUT2D eigenvalue weighted by Gasteiger charge is -2.08. The predicted molar refractivity (Wildman–Crippen MR) is 95.8 cm³/mol. The summed E-state index contributed by atoms with van der Waals surface area (Å²) in [6.45, 7) is 0.218. The molecule has 0 unspecified atom stereocenters. The van der Waals surface area contributed by atoms with Gasteiger partial charge in [0.1, 0.15) is 0 Å². The van der Waals surface area contributed by atoms with E-state index in [1.54, 1.807) is 42.6 Å². The molecule has 8 heteroatoms. The fourth-order valence-corrected chi connectivity index (χ4v) is 3.17. The zero-order chi connectivity index (χ0) is 18.6. The van der Waals surface area contributed by atoms with E-state index in [0.717, 1.165) is 5.56 Å². The average Bonchev–Trinajstić information content (AvgIpc) is 3.21. The molecular formula is C18H17N3O4S. The number of hydrogen-bond donors (Lipinski definition) is 2. The lowest BCUT2D eigenvalue weighted by atomic mass is 10.1. The largest absolute Gasteiger partial charge is 0.444 e. The molecule has 1 heterocycles. The number of hydrogen-bond acceptors (Lipinski definition) is 5. The number of oxazole rings is 1. The summed E-state index contributed by atoms with van der Waals surface area (Å²) in [5.41, 5.74) is 2.00. The lowest BCUT2D eigenvalue weighted by Crippen LogP contribution is -2.23. The van der Waals surface area contributed by atoms with Crippen LogP contribution in [-0.4, -0.2) is 26.4 Å². The molecule has 7 nitrogen and oxygen atoms in total. The molecule has 2 N–H and O–H groups in total. The van der Waals surface area contributed by atoms with E-state index in [-0.39, 0.29) is 17.3 Å². The minimum absolute atomic E-state index is 0.156. The first-order valence-corrected chi connectivity index (χ1v) is 9.27. The molecular weight excluding hydrogens is 354 g/mol. The maximum absolute atomic E-state index is 12.3. The van der Waals surface area contributed by atoms with Gasteiger partial charge in [-0.1, -0.05) is 24.3 Å². The van der Waals surface area contributed by atoms with Crippen molar-refractivity contribution in [3.63, 3.8) is 0 Å². The maximum atomic E-state index is 12.3. The van der Waals surface area contributed by atoms with E-state index in [1.165, 1.54) is 25.6 Å². The summed E-state index contributed by atoms with van der Waals surface area (Å²) in [4.78, 5) is 16.3. The van der Waals surface area contributed by atoms with E-state index < -0.39 is 10.0 Å². The number of benzene rings is 2. The van der Waals surface area contributed by atoms with Crippen LogP contribution in [0.15, 0.2) is 70.4 Å². The number of sulfonamides is 1. The molecule has 0 spiro atoms. The highest BCUT2D eigenvalue weighted by molar-refractivity contribution is 7.89. The van der Waals surface area contributed by atoms with Crippen LogP contribution in [0.25, 0.3) is 11.3 Å². The van der Waals surface area contributed by atoms with Crippen LogP contribution in [0.5, 0.6) is 0 Å². The Kier molecular flexibility index (Phi) is 5.15. The topological polar surface area (TPSA) is 101 Å². The molecule has 0 aliphatic rings. The summed E-state index contributed by atoms with van der Waals surface area (Å²) in [5.74, 6) is 0.371. The Morgan fingerprint density at radius 3 is 2.58 bits per heavy atom. The van der Waals surface area contributed by atoms with Crippen molar-refractivity contribution >= 4 is 15.9 Å². The number of nitrogens with one attached hydrogen (secondary N) is 2. The normalized spacial score (nSPS) is 11.3. The molecule has 0 aliphatic carbocycles. The quantitative estimate of drug-likeness (QED) is 0.692. The van der Waals surface area contributed by atoms with Crippen LogP contribution in [0.1, 0.15) is 15.9 Å². The SMILES string of the molecule is CNS(=O)(=O)c1cccc(CNC(=O)c2ccc(-c3cnco3)cc2)c1. The van der Waals surface area contributed by atoms with Crippen molar-refractivity contribution in [1.29, 1.82) is 0 Å². The molecule has 1 aromatic heterocycles. The van der Waals surface area contributed by atoms with E-state index in [4.69, 9.17) is 4.42 Å². The Bertz CT molecular complexity index is 997. The molecule has 3 aromatic rings.